The van der Waals surface area contributed by atoms with E-state index in [1.54, 1.807) is 11.8 Å². The van der Waals surface area contributed by atoms with Crippen molar-refractivity contribution in [2.75, 3.05) is 5.75 Å². The molecule has 0 spiro atoms. The molecule has 0 aliphatic heterocycles. The summed E-state index contributed by atoms with van der Waals surface area (Å²) >= 11 is 1.60. The molecule has 0 saturated carbocycles. The quantitative estimate of drug-likeness (QED) is 0.573. The standard InChI is InChI=1S/C20H27N3O2S/c1-5-6-12-26-16(4)19(24)21-22-20(25)18-13-14(2)23(15(18)3)17-10-8-7-9-11-17/h7-11,13,16H,5-6,12H2,1-4H3,(H,21,24)(H,22,25). The Morgan fingerprint density at radius 2 is 1.85 bits per heavy atom. The Bertz CT molecular complexity index is 756. The first-order valence-electron chi connectivity index (χ1n) is 8.91. The van der Waals surface area contributed by atoms with E-state index in [1.165, 1.54) is 0 Å². The monoisotopic (exact) mass is 373 g/mol. The Morgan fingerprint density at radius 3 is 2.50 bits per heavy atom. The van der Waals surface area contributed by atoms with Crippen molar-refractivity contribution < 1.29 is 9.59 Å². The SMILES string of the molecule is CCCCSC(C)C(=O)NNC(=O)c1cc(C)n(-c2ccccc2)c1C. The highest BCUT2D eigenvalue weighted by Gasteiger charge is 2.18. The van der Waals surface area contributed by atoms with Gasteiger partial charge in [-0.1, -0.05) is 31.5 Å². The van der Waals surface area contributed by atoms with Crippen LogP contribution in [0.2, 0.25) is 0 Å². The maximum absolute atomic E-state index is 12.5. The van der Waals surface area contributed by atoms with Crippen LogP contribution in [-0.2, 0) is 4.79 Å². The molecule has 2 aromatic rings. The third-order valence-corrected chi connectivity index (χ3v) is 5.46. The van der Waals surface area contributed by atoms with Gasteiger partial charge in [0.15, 0.2) is 0 Å². The molecule has 1 atom stereocenters. The second kappa shape index (κ2) is 9.48. The average Bonchev–Trinajstić information content (AvgIpc) is 2.94. The van der Waals surface area contributed by atoms with E-state index in [0.717, 1.165) is 35.7 Å². The molecule has 2 N–H and O–H groups in total. The van der Waals surface area contributed by atoms with Gasteiger partial charge in [-0.25, -0.2) is 0 Å². The van der Waals surface area contributed by atoms with Crippen LogP contribution in [0.25, 0.3) is 5.69 Å². The van der Waals surface area contributed by atoms with Crippen molar-refractivity contribution in [2.45, 2.75) is 45.8 Å². The fraction of sp³-hybridized carbons (Fsp3) is 0.400. The molecule has 26 heavy (non-hydrogen) atoms. The predicted octanol–water partition coefficient (Wildman–Crippen LogP) is 3.78. The Hall–Kier alpha value is -2.21. The number of nitrogens with one attached hydrogen (secondary N) is 2. The number of nitrogens with zero attached hydrogens (tertiary/aromatic N) is 1. The molecule has 1 aromatic heterocycles. The minimum absolute atomic E-state index is 0.184. The van der Waals surface area contributed by atoms with E-state index >= 15 is 0 Å². The van der Waals surface area contributed by atoms with Crippen molar-refractivity contribution in [3.63, 3.8) is 0 Å². The molecule has 2 amide bonds. The van der Waals surface area contributed by atoms with Crippen LogP contribution in [0.1, 0.15) is 48.4 Å². The third kappa shape index (κ3) is 4.91. The fourth-order valence-corrected chi connectivity index (χ4v) is 3.75. The second-order valence-corrected chi connectivity index (χ2v) is 7.71. The highest BCUT2D eigenvalue weighted by Crippen LogP contribution is 2.20. The first-order valence-corrected chi connectivity index (χ1v) is 9.96. The zero-order valence-electron chi connectivity index (χ0n) is 15.8. The van der Waals surface area contributed by atoms with Gasteiger partial charge in [0.1, 0.15) is 0 Å². The number of para-hydroxylation sites is 1. The molecule has 140 valence electrons. The molecule has 6 heteroatoms. The van der Waals surface area contributed by atoms with E-state index in [9.17, 15) is 9.59 Å². The zero-order chi connectivity index (χ0) is 19.1. The molecule has 2 rings (SSSR count). The summed E-state index contributed by atoms with van der Waals surface area (Å²) in [6.45, 7) is 7.84. The molecule has 1 aromatic carbocycles. The number of aromatic nitrogens is 1. The summed E-state index contributed by atoms with van der Waals surface area (Å²) in [4.78, 5) is 24.6. The van der Waals surface area contributed by atoms with E-state index in [1.807, 2.05) is 61.7 Å². The number of unbranched alkanes of at least 4 members (excludes halogenated alkanes) is 1. The molecule has 0 bridgehead atoms. The largest absolute Gasteiger partial charge is 0.318 e. The molecular formula is C20H27N3O2S. The number of hydrogen-bond donors (Lipinski definition) is 2. The number of carbonyl (C=O) groups is 2. The van der Waals surface area contributed by atoms with E-state index in [0.29, 0.717) is 5.56 Å². The van der Waals surface area contributed by atoms with Gasteiger partial charge in [0, 0.05) is 17.1 Å². The highest BCUT2D eigenvalue weighted by atomic mass is 32.2. The van der Waals surface area contributed by atoms with Gasteiger partial charge in [-0.05, 0) is 51.1 Å². The highest BCUT2D eigenvalue weighted by molar-refractivity contribution is 8.00. The zero-order valence-corrected chi connectivity index (χ0v) is 16.7. The molecular weight excluding hydrogens is 346 g/mol. The molecule has 0 aliphatic carbocycles. The van der Waals surface area contributed by atoms with Crippen LogP contribution in [0.15, 0.2) is 36.4 Å². The Labute approximate surface area is 159 Å². The number of benzene rings is 1. The maximum Gasteiger partial charge on any atom is 0.271 e. The van der Waals surface area contributed by atoms with Crippen LogP contribution < -0.4 is 10.9 Å². The molecule has 1 heterocycles. The summed E-state index contributed by atoms with van der Waals surface area (Å²) in [5, 5.41) is -0.196. The van der Waals surface area contributed by atoms with Gasteiger partial charge in [-0.15, -0.1) is 11.8 Å². The number of carbonyl (C=O) groups excluding carboxylic acids is 2. The lowest BCUT2D eigenvalue weighted by Gasteiger charge is -2.13. The van der Waals surface area contributed by atoms with Crippen molar-refractivity contribution >= 4 is 23.6 Å². The molecule has 0 saturated heterocycles. The molecule has 0 fully saturated rings. The van der Waals surface area contributed by atoms with Gasteiger partial charge < -0.3 is 4.57 Å². The van der Waals surface area contributed by atoms with E-state index in [4.69, 9.17) is 0 Å². The van der Waals surface area contributed by atoms with Gasteiger partial charge in [-0.3, -0.25) is 20.4 Å². The lowest BCUT2D eigenvalue weighted by Crippen LogP contribution is -2.45. The number of hydrazine groups is 1. The summed E-state index contributed by atoms with van der Waals surface area (Å²) in [5.74, 6) is 0.452. The number of amides is 2. The Balaban J connectivity index is 2.01. The van der Waals surface area contributed by atoms with Crippen molar-refractivity contribution in [1.82, 2.24) is 15.4 Å². The lowest BCUT2D eigenvalue weighted by molar-refractivity contribution is -0.121. The van der Waals surface area contributed by atoms with E-state index < -0.39 is 0 Å². The maximum atomic E-state index is 12.5. The van der Waals surface area contributed by atoms with Crippen LogP contribution in [0.4, 0.5) is 0 Å². The fourth-order valence-electron chi connectivity index (χ4n) is 2.73. The summed E-state index contributed by atoms with van der Waals surface area (Å²) in [6.07, 6.45) is 2.19. The summed E-state index contributed by atoms with van der Waals surface area (Å²) in [7, 11) is 0. The van der Waals surface area contributed by atoms with Gasteiger partial charge in [0.2, 0.25) is 0 Å². The smallest absolute Gasteiger partial charge is 0.271 e. The summed E-state index contributed by atoms with van der Waals surface area (Å²) < 4.78 is 2.03. The van der Waals surface area contributed by atoms with Crippen LogP contribution in [-0.4, -0.2) is 27.4 Å². The predicted molar refractivity (Wildman–Crippen MR) is 108 cm³/mol. The normalized spacial score (nSPS) is 11.8. The van der Waals surface area contributed by atoms with Gasteiger partial charge >= 0.3 is 0 Å². The van der Waals surface area contributed by atoms with Crippen LogP contribution in [0.3, 0.4) is 0 Å². The Kier molecular flexibility index (Phi) is 7.33. The van der Waals surface area contributed by atoms with Crippen LogP contribution in [0, 0.1) is 13.8 Å². The first kappa shape index (κ1) is 20.1. The van der Waals surface area contributed by atoms with Gasteiger partial charge in [0.05, 0.1) is 10.8 Å². The first-order chi connectivity index (χ1) is 12.5. The number of thioether (sulfide) groups is 1. The van der Waals surface area contributed by atoms with Gasteiger partial charge in [-0.2, -0.15) is 0 Å². The topological polar surface area (TPSA) is 63.1 Å². The minimum atomic E-state index is -0.306. The average molecular weight is 374 g/mol. The van der Waals surface area contributed by atoms with E-state index in [2.05, 4.69) is 17.8 Å². The van der Waals surface area contributed by atoms with Crippen molar-refractivity contribution in [2.24, 2.45) is 0 Å². The van der Waals surface area contributed by atoms with Crippen LogP contribution in [0.5, 0.6) is 0 Å². The second-order valence-electron chi connectivity index (χ2n) is 6.27. The van der Waals surface area contributed by atoms with Crippen molar-refractivity contribution in [3.8, 4) is 5.69 Å². The third-order valence-electron chi connectivity index (χ3n) is 4.22. The molecule has 1 unspecified atom stereocenters. The Morgan fingerprint density at radius 1 is 1.15 bits per heavy atom. The molecule has 0 aliphatic rings. The number of rotatable bonds is 7. The van der Waals surface area contributed by atoms with Crippen molar-refractivity contribution in [1.29, 1.82) is 0 Å². The molecule has 5 nitrogen and oxygen atoms in total. The van der Waals surface area contributed by atoms with Gasteiger partial charge in [0.25, 0.3) is 11.8 Å². The number of aryl methyl sites for hydroxylation is 1. The van der Waals surface area contributed by atoms with Crippen LogP contribution >= 0.6 is 11.8 Å². The summed E-state index contributed by atoms with van der Waals surface area (Å²) in [6, 6.07) is 11.7. The lowest BCUT2D eigenvalue weighted by atomic mass is 10.2. The van der Waals surface area contributed by atoms with Crippen molar-refractivity contribution in [3.05, 3.63) is 53.3 Å². The molecule has 0 radical (unpaired) electrons. The minimum Gasteiger partial charge on any atom is -0.318 e. The summed E-state index contributed by atoms with van der Waals surface area (Å²) in [5.41, 5.74) is 8.44. The number of hydrogen-bond acceptors (Lipinski definition) is 3. The van der Waals surface area contributed by atoms with E-state index in [-0.39, 0.29) is 17.1 Å².